The van der Waals surface area contributed by atoms with Gasteiger partial charge in [-0.05, 0) is 24.3 Å². The van der Waals surface area contributed by atoms with E-state index in [2.05, 4.69) is 4.90 Å². The molecule has 2 aliphatic rings. The van der Waals surface area contributed by atoms with Crippen LogP contribution in [0.15, 0.2) is 48.5 Å². The molecule has 0 N–H and O–H groups in total. The molecule has 2 fully saturated rings. The fourth-order valence-electron chi connectivity index (χ4n) is 3.73. The number of benzene rings is 2. The number of piperazine rings is 1. The van der Waals surface area contributed by atoms with Gasteiger partial charge in [0.15, 0.2) is 11.6 Å². The van der Waals surface area contributed by atoms with Crippen molar-refractivity contribution in [2.75, 3.05) is 36.0 Å². The second-order valence-electron chi connectivity index (χ2n) is 6.74. The third kappa shape index (κ3) is 3.30. The highest BCUT2D eigenvalue weighted by Crippen LogP contribution is 2.28. The summed E-state index contributed by atoms with van der Waals surface area (Å²) in [6.45, 7) is 2.83. The molecule has 2 amide bonds. The van der Waals surface area contributed by atoms with Crippen molar-refractivity contribution in [2.45, 2.75) is 12.5 Å². The first-order valence-corrected chi connectivity index (χ1v) is 8.90. The number of imide groups is 1. The Morgan fingerprint density at radius 3 is 2.19 bits per heavy atom. The Hall–Kier alpha value is -2.80. The molecule has 2 aromatic rings. The van der Waals surface area contributed by atoms with Gasteiger partial charge in [-0.1, -0.05) is 18.2 Å². The lowest BCUT2D eigenvalue weighted by atomic mass is 10.1. The molecule has 0 radical (unpaired) electrons. The van der Waals surface area contributed by atoms with Crippen molar-refractivity contribution in [3.63, 3.8) is 0 Å². The molecule has 1 atom stereocenters. The van der Waals surface area contributed by atoms with Crippen LogP contribution in [0.2, 0.25) is 0 Å². The van der Waals surface area contributed by atoms with Crippen LogP contribution in [0.3, 0.4) is 0 Å². The Labute approximate surface area is 155 Å². The van der Waals surface area contributed by atoms with Crippen LogP contribution in [-0.4, -0.2) is 48.9 Å². The monoisotopic (exact) mass is 371 g/mol. The van der Waals surface area contributed by atoms with Gasteiger partial charge in [-0.25, -0.2) is 13.7 Å². The van der Waals surface area contributed by atoms with E-state index in [1.165, 1.54) is 6.07 Å². The standard InChI is InChI=1S/C20H19F2N3O2/c21-16-7-6-15(12-17(16)22)25-19(26)13-18(20(25)27)24-10-8-23(9-11-24)14-4-2-1-3-5-14/h1-7,12,18H,8-11,13H2. The van der Waals surface area contributed by atoms with Crippen molar-refractivity contribution in [3.05, 3.63) is 60.2 Å². The van der Waals surface area contributed by atoms with E-state index < -0.39 is 17.7 Å². The van der Waals surface area contributed by atoms with E-state index in [-0.39, 0.29) is 23.9 Å². The first-order chi connectivity index (χ1) is 13.0. The van der Waals surface area contributed by atoms with Gasteiger partial charge >= 0.3 is 0 Å². The minimum absolute atomic E-state index is 0.0587. The number of hydrogen-bond donors (Lipinski definition) is 0. The van der Waals surface area contributed by atoms with Gasteiger partial charge in [0.2, 0.25) is 5.91 Å². The van der Waals surface area contributed by atoms with Crippen LogP contribution in [0.25, 0.3) is 0 Å². The Morgan fingerprint density at radius 1 is 0.815 bits per heavy atom. The van der Waals surface area contributed by atoms with E-state index in [0.29, 0.717) is 13.1 Å². The van der Waals surface area contributed by atoms with Crippen LogP contribution in [0.1, 0.15) is 6.42 Å². The van der Waals surface area contributed by atoms with Crippen molar-refractivity contribution < 1.29 is 18.4 Å². The maximum Gasteiger partial charge on any atom is 0.251 e. The molecular weight excluding hydrogens is 352 g/mol. The van der Waals surface area contributed by atoms with Crippen molar-refractivity contribution in [2.24, 2.45) is 0 Å². The van der Waals surface area contributed by atoms with E-state index >= 15 is 0 Å². The number of halogens is 2. The van der Waals surface area contributed by atoms with Crippen molar-refractivity contribution >= 4 is 23.2 Å². The van der Waals surface area contributed by atoms with Gasteiger partial charge in [-0.15, -0.1) is 0 Å². The molecular formula is C20H19F2N3O2. The molecule has 0 spiro atoms. The zero-order valence-corrected chi connectivity index (χ0v) is 14.6. The number of nitrogens with zero attached hydrogens (tertiary/aromatic N) is 3. The summed E-state index contributed by atoms with van der Waals surface area (Å²) >= 11 is 0. The zero-order valence-electron chi connectivity index (χ0n) is 14.6. The largest absolute Gasteiger partial charge is 0.369 e. The summed E-state index contributed by atoms with van der Waals surface area (Å²) in [7, 11) is 0. The molecule has 5 nitrogen and oxygen atoms in total. The number of anilines is 2. The summed E-state index contributed by atoms with van der Waals surface area (Å²) in [6, 6.07) is 12.6. The van der Waals surface area contributed by atoms with Gasteiger partial charge in [-0.2, -0.15) is 0 Å². The third-order valence-electron chi connectivity index (χ3n) is 5.16. The van der Waals surface area contributed by atoms with Gasteiger partial charge in [0.05, 0.1) is 18.2 Å². The predicted octanol–water partition coefficient (Wildman–Crippen LogP) is 2.42. The highest BCUT2D eigenvalue weighted by molar-refractivity contribution is 6.22. The number of carbonyl (C=O) groups is 2. The maximum atomic E-state index is 13.5. The number of rotatable bonds is 3. The van der Waals surface area contributed by atoms with Crippen LogP contribution in [0, 0.1) is 11.6 Å². The smallest absolute Gasteiger partial charge is 0.251 e. The lowest BCUT2D eigenvalue weighted by Gasteiger charge is -2.38. The zero-order chi connectivity index (χ0) is 19.0. The number of amides is 2. The third-order valence-corrected chi connectivity index (χ3v) is 5.16. The van der Waals surface area contributed by atoms with Gasteiger partial charge in [-0.3, -0.25) is 14.5 Å². The number of para-hydroxylation sites is 1. The Morgan fingerprint density at radius 2 is 1.52 bits per heavy atom. The van der Waals surface area contributed by atoms with E-state index in [4.69, 9.17) is 0 Å². The summed E-state index contributed by atoms with van der Waals surface area (Å²) in [5, 5.41) is 0. The fourth-order valence-corrected chi connectivity index (χ4v) is 3.73. The average Bonchev–Trinajstić information content (AvgIpc) is 2.99. The second-order valence-corrected chi connectivity index (χ2v) is 6.74. The minimum Gasteiger partial charge on any atom is -0.369 e. The molecule has 140 valence electrons. The van der Waals surface area contributed by atoms with Gasteiger partial charge in [0.25, 0.3) is 5.91 Å². The molecule has 2 saturated heterocycles. The quantitative estimate of drug-likeness (QED) is 0.778. The summed E-state index contributed by atoms with van der Waals surface area (Å²) in [5.74, 6) is -2.85. The normalized spacial score (nSPS) is 21.2. The predicted molar refractivity (Wildman–Crippen MR) is 97.5 cm³/mol. The molecule has 2 heterocycles. The molecule has 1 unspecified atom stereocenters. The molecule has 0 aromatic heterocycles. The summed E-state index contributed by atoms with van der Waals surface area (Å²) in [6.07, 6.45) is 0.0587. The first-order valence-electron chi connectivity index (χ1n) is 8.90. The minimum atomic E-state index is -1.08. The van der Waals surface area contributed by atoms with Crippen molar-refractivity contribution in [1.29, 1.82) is 0 Å². The van der Waals surface area contributed by atoms with Crippen molar-refractivity contribution in [3.8, 4) is 0 Å². The fraction of sp³-hybridized carbons (Fsp3) is 0.300. The SMILES string of the molecule is O=C1CC(N2CCN(c3ccccc3)CC2)C(=O)N1c1ccc(F)c(F)c1. The van der Waals surface area contributed by atoms with Gasteiger partial charge in [0.1, 0.15) is 0 Å². The van der Waals surface area contributed by atoms with E-state index in [9.17, 15) is 18.4 Å². The summed E-state index contributed by atoms with van der Waals surface area (Å²) in [4.78, 5) is 30.4. The topological polar surface area (TPSA) is 43.9 Å². The lowest BCUT2D eigenvalue weighted by molar-refractivity contribution is -0.123. The number of carbonyl (C=O) groups excluding carboxylic acids is 2. The van der Waals surface area contributed by atoms with Gasteiger partial charge in [0, 0.05) is 37.9 Å². The molecule has 27 heavy (non-hydrogen) atoms. The molecule has 2 aliphatic heterocycles. The Bertz CT molecular complexity index is 867. The van der Waals surface area contributed by atoms with Crippen LogP contribution in [0.4, 0.5) is 20.2 Å². The molecule has 7 heteroatoms. The van der Waals surface area contributed by atoms with Crippen LogP contribution in [-0.2, 0) is 9.59 Å². The summed E-state index contributed by atoms with van der Waals surface area (Å²) in [5.41, 5.74) is 1.21. The highest BCUT2D eigenvalue weighted by atomic mass is 19.2. The van der Waals surface area contributed by atoms with Crippen LogP contribution >= 0.6 is 0 Å². The van der Waals surface area contributed by atoms with Crippen molar-refractivity contribution in [1.82, 2.24) is 4.90 Å². The van der Waals surface area contributed by atoms with E-state index in [1.807, 2.05) is 35.2 Å². The second kappa shape index (κ2) is 7.08. The van der Waals surface area contributed by atoms with E-state index in [0.717, 1.165) is 35.8 Å². The maximum absolute atomic E-state index is 13.5. The molecule has 0 aliphatic carbocycles. The lowest BCUT2D eigenvalue weighted by Crippen LogP contribution is -2.52. The molecule has 4 rings (SSSR count). The molecule has 0 bridgehead atoms. The highest BCUT2D eigenvalue weighted by Gasteiger charge is 2.43. The Kier molecular flexibility index (Phi) is 4.61. The molecule has 2 aromatic carbocycles. The van der Waals surface area contributed by atoms with E-state index in [1.54, 1.807) is 0 Å². The number of hydrogen-bond acceptors (Lipinski definition) is 4. The summed E-state index contributed by atoms with van der Waals surface area (Å²) < 4.78 is 26.7. The van der Waals surface area contributed by atoms with Crippen LogP contribution in [0.5, 0.6) is 0 Å². The molecule has 0 saturated carbocycles. The van der Waals surface area contributed by atoms with Gasteiger partial charge < -0.3 is 4.90 Å². The average molecular weight is 371 g/mol. The Balaban J connectivity index is 1.45. The first kappa shape index (κ1) is 17.6. The van der Waals surface area contributed by atoms with Crippen LogP contribution < -0.4 is 9.80 Å².